The van der Waals surface area contributed by atoms with Crippen LogP contribution in [0, 0.1) is 0 Å². The molecule has 0 radical (unpaired) electrons. The van der Waals surface area contributed by atoms with Gasteiger partial charge in [-0.15, -0.1) is 0 Å². The van der Waals surface area contributed by atoms with Gasteiger partial charge in [0.1, 0.15) is 18.1 Å². The van der Waals surface area contributed by atoms with Gasteiger partial charge in [0.2, 0.25) is 17.7 Å². The van der Waals surface area contributed by atoms with Crippen LogP contribution in [0.1, 0.15) is 32.6 Å². The molecule has 1 rings (SSSR count). The molecule has 1 aliphatic rings. The Labute approximate surface area is 176 Å². The number of likely N-dealkylation sites (tertiary alicyclic amines) is 1. The molecule has 0 aromatic heterocycles. The number of carbonyl (C=O) groups excluding carboxylic acids is 3. The number of aliphatic hydroxyl groups is 1. The summed E-state index contributed by atoms with van der Waals surface area (Å²) in [6, 6.07) is -6.02. The van der Waals surface area contributed by atoms with Gasteiger partial charge in [-0.05, 0) is 19.8 Å². The van der Waals surface area contributed by atoms with Gasteiger partial charge >= 0.3 is 17.9 Å². The van der Waals surface area contributed by atoms with E-state index in [4.69, 9.17) is 15.9 Å². The lowest BCUT2D eigenvalue weighted by atomic mass is 10.1. The Morgan fingerprint density at radius 2 is 1.58 bits per heavy atom. The van der Waals surface area contributed by atoms with Crippen LogP contribution in [0.25, 0.3) is 0 Å². The molecule has 0 aliphatic carbocycles. The zero-order chi connectivity index (χ0) is 23.9. The molecule has 1 heterocycles. The monoisotopic (exact) mass is 446 g/mol. The van der Waals surface area contributed by atoms with Crippen molar-refractivity contribution >= 4 is 35.6 Å². The van der Waals surface area contributed by atoms with Gasteiger partial charge in [-0.2, -0.15) is 0 Å². The highest BCUT2D eigenvalue weighted by Crippen LogP contribution is 2.19. The number of nitrogens with one attached hydrogen (secondary N) is 2. The average Bonchev–Trinajstić information content (AvgIpc) is 3.13. The fourth-order valence-corrected chi connectivity index (χ4v) is 3.07. The van der Waals surface area contributed by atoms with Crippen LogP contribution in [0.3, 0.4) is 0 Å². The zero-order valence-electron chi connectivity index (χ0n) is 16.7. The molecular formula is C17H26N4O10. The van der Waals surface area contributed by atoms with Crippen molar-refractivity contribution in [2.45, 2.75) is 62.9 Å². The Hall–Kier alpha value is -3.26. The second kappa shape index (κ2) is 11.2. The van der Waals surface area contributed by atoms with Crippen molar-refractivity contribution in [3.05, 3.63) is 0 Å². The van der Waals surface area contributed by atoms with Crippen molar-refractivity contribution in [2.75, 3.05) is 6.54 Å². The van der Waals surface area contributed by atoms with Crippen molar-refractivity contribution in [3.63, 3.8) is 0 Å². The molecule has 0 spiro atoms. The molecule has 0 saturated carbocycles. The van der Waals surface area contributed by atoms with Crippen molar-refractivity contribution in [1.29, 1.82) is 0 Å². The molecule has 14 nitrogen and oxygen atoms in total. The fourth-order valence-electron chi connectivity index (χ4n) is 3.07. The number of aliphatic hydroxyl groups excluding tert-OH is 1. The number of carboxylic acids is 3. The lowest BCUT2D eigenvalue weighted by Crippen LogP contribution is -2.60. The van der Waals surface area contributed by atoms with Crippen molar-refractivity contribution in [3.8, 4) is 0 Å². The molecule has 1 fully saturated rings. The Morgan fingerprint density at radius 1 is 1.00 bits per heavy atom. The number of nitrogens with two attached hydrogens (primary N) is 1. The quantitative estimate of drug-likeness (QED) is 0.166. The molecule has 0 bridgehead atoms. The van der Waals surface area contributed by atoms with E-state index < -0.39 is 78.7 Å². The van der Waals surface area contributed by atoms with E-state index in [1.807, 2.05) is 0 Å². The molecule has 5 unspecified atom stereocenters. The summed E-state index contributed by atoms with van der Waals surface area (Å²) < 4.78 is 0. The van der Waals surface area contributed by atoms with E-state index in [0.29, 0.717) is 6.42 Å². The minimum absolute atomic E-state index is 0.0579. The summed E-state index contributed by atoms with van der Waals surface area (Å²) in [7, 11) is 0. The summed E-state index contributed by atoms with van der Waals surface area (Å²) >= 11 is 0. The average molecular weight is 446 g/mol. The SMILES string of the molecule is CC(O)C(NC(=O)C(N)CC(=O)O)C(=O)NC(CC(=O)O)C(=O)N1CCCC1C(=O)O. The molecule has 1 aliphatic heterocycles. The van der Waals surface area contributed by atoms with Crippen LogP contribution in [0.5, 0.6) is 0 Å². The highest BCUT2D eigenvalue weighted by molar-refractivity contribution is 5.96. The molecule has 14 heteroatoms. The number of hydrogen-bond acceptors (Lipinski definition) is 8. The van der Waals surface area contributed by atoms with Gasteiger partial charge in [0.25, 0.3) is 0 Å². The molecule has 8 N–H and O–H groups in total. The molecule has 0 aromatic rings. The first-order valence-corrected chi connectivity index (χ1v) is 9.36. The molecule has 5 atom stereocenters. The summed E-state index contributed by atoms with van der Waals surface area (Å²) in [5.74, 6) is -7.21. The Morgan fingerprint density at radius 3 is 2.06 bits per heavy atom. The first kappa shape index (κ1) is 25.8. The highest BCUT2D eigenvalue weighted by Gasteiger charge is 2.39. The molecular weight excluding hydrogens is 420 g/mol. The summed E-state index contributed by atoms with van der Waals surface area (Å²) in [5.41, 5.74) is 5.41. The first-order valence-electron chi connectivity index (χ1n) is 9.36. The molecule has 174 valence electrons. The number of rotatable bonds is 11. The molecule has 1 saturated heterocycles. The summed E-state index contributed by atoms with van der Waals surface area (Å²) in [4.78, 5) is 71.4. The van der Waals surface area contributed by atoms with Gasteiger partial charge in [0.15, 0.2) is 0 Å². The van der Waals surface area contributed by atoms with Crippen molar-refractivity contribution in [1.82, 2.24) is 15.5 Å². The Balaban J connectivity index is 2.98. The number of hydrogen-bond donors (Lipinski definition) is 7. The van der Waals surface area contributed by atoms with Crippen molar-refractivity contribution in [2.24, 2.45) is 5.73 Å². The lowest BCUT2D eigenvalue weighted by molar-refractivity contribution is -0.150. The van der Waals surface area contributed by atoms with Crippen LogP contribution in [-0.2, 0) is 28.8 Å². The predicted octanol–water partition coefficient (Wildman–Crippen LogP) is -3.31. The van der Waals surface area contributed by atoms with E-state index in [0.717, 1.165) is 11.8 Å². The van der Waals surface area contributed by atoms with Gasteiger partial charge in [-0.3, -0.25) is 24.0 Å². The predicted molar refractivity (Wildman–Crippen MR) is 100 cm³/mol. The normalized spacial score (nSPS) is 19.6. The van der Waals surface area contributed by atoms with Gasteiger partial charge < -0.3 is 41.7 Å². The van der Waals surface area contributed by atoms with Gasteiger partial charge in [0.05, 0.1) is 25.0 Å². The Kier molecular flexibility index (Phi) is 9.33. The number of carboxylic acid groups (broad SMARTS) is 3. The van der Waals surface area contributed by atoms with Crippen LogP contribution < -0.4 is 16.4 Å². The summed E-state index contributed by atoms with van der Waals surface area (Å²) in [5, 5.41) is 41.0. The zero-order valence-corrected chi connectivity index (χ0v) is 16.7. The smallest absolute Gasteiger partial charge is 0.326 e. The van der Waals surface area contributed by atoms with E-state index in [2.05, 4.69) is 10.6 Å². The van der Waals surface area contributed by atoms with Crippen LogP contribution >= 0.6 is 0 Å². The minimum Gasteiger partial charge on any atom is -0.481 e. The van der Waals surface area contributed by atoms with Crippen LogP contribution in [0.2, 0.25) is 0 Å². The van der Waals surface area contributed by atoms with E-state index in [1.165, 1.54) is 0 Å². The highest BCUT2D eigenvalue weighted by atomic mass is 16.4. The van der Waals surface area contributed by atoms with Crippen molar-refractivity contribution < 1.29 is 49.2 Å². The topological polar surface area (TPSA) is 237 Å². The largest absolute Gasteiger partial charge is 0.481 e. The second-order valence-electron chi connectivity index (χ2n) is 7.12. The Bertz CT molecular complexity index is 740. The molecule has 3 amide bonds. The third-order valence-corrected chi connectivity index (χ3v) is 4.61. The van der Waals surface area contributed by atoms with E-state index >= 15 is 0 Å². The van der Waals surface area contributed by atoms with Crippen LogP contribution in [0.4, 0.5) is 0 Å². The lowest BCUT2D eigenvalue weighted by Gasteiger charge is -2.28. The second-order valence-corrected chi connectivity index (χ2v) is 7.12. The van der Waals surface area contributed by atoms with E-state index in [-0.39, 0.29) is 13.0 Å². The molecule has 0 aromatic carbocycles. The number of nitrogens with zero attached hydrogens (tertiary/aromatic N) is 1. The van der Waals surface area contributed by atoms with E-state index in [1.54, 1.807) is 0 Å². The summed E-state index contributed by atoms with van der Waals surface area (Å²) in [6.45, 7) is 1.19. The van der Waals surface area contributed by atoms with Crippen LogP contribution in [-0.4, -0.2) is 97.8 Å². The maximum Gasteiger partial charge on any atom is 0.326 e. The van der Waals surface area contributed by atoms with Crippen LogP contribution in [0.15, 0.2) is 0 Å². The van der Waals surface area contributed by atoms with Gasteiger partial charge in [0, 0.05) is 6.54 Å². The number of amides is 3. The standard InChI is InChI=1S/C17H26N4O10/c1-7(22)13(20-14(27)8(18)5-11(23)24)15(28)19-9(6-12(25)26)16(29)21-4-2-3-10(21)17(30)31/h7-10,13,22H,2-6,18H2,1H3,(H,19,28)(H,20,27)(H,23,24)(H,25,26)(H,30,31). The maximum absolute atomic E-state index is 12.7. The number of carbonyl (C=O) groups is 6. The number of aliphatic carboxylic acids is 3. The van der Waals surface area contributed by atoms with Gasteiger partial charge in [-0.25, -0.2) is 4.79 Å². The minimum atomic E-state index is -1.68. The molecule has 31 heavy (non-hydrogen) atoms. The fraction of sp³-hybridized carbons (Fsp3) is 0.647. The van der Waals surface area contributed by atoms with E-state index in [9.17, 15) is 39.0 Å². The summed E-state index contributed by atoms with van der Waals surface area (Å²) in [6.07, 6.45) is -2.58. The third-order valence-electron chi connectivity index (χ3n) is 4.61. The maximum atomic E-state index is 12.7. The first-order chi connectivity index (χ1) is 14.3. The van der Waals surface area contributed by atoms with Gasteiger partial charge in [-0.1, -0.05) is 0 Å². The third kappa shape index (κ3) is 7.49.